The summed E-state index contributed by atoms with van der Waals surface area (Å²) in [7, 11) is 0. The second kappa shape index (κ2) is 7.14. The Morgan fingerprint density at radius 3 is 1.64 bits per heavy atom. The minimum atomic E-state index is 0.307. The highest BCUT2D eigenvalue weighted by atomic mass is 35.5. The van der Waals surface area contributed by atoms with Crippen molar-refractivity contribution in [3.63, 3.8) is 0 Å². The van der Waals surface area contributed by atoms with Gasteiger partial charge >= 0.3 is 0 Å². The van der Waals surface area contributed by atoms with Crippen LogP contribution in [-0.2, 0) is 5.88 Å². The fourth-order valence-corrected chi connectivity index (χ4v) is 0.745. The van der Waals surface area contributed by atoms with Crippen LogP contribution in [0.5, 0.6) is 0 Å². The lowest BCUT2D eigenvalue weighted by Crippen LogP contribution is -2.05. The van der Waals surface area contributed by atoms with Crippen LogP contribution in [0.3, 0.4) is 0 Å². The third-order valence-corrected chi connectivity index (χ3v) is 2.51. The molecule has 0 aliphatic rings. The first-order valence-corrected chi connectivity index (χ1v) is 5.72. The van der Waals surface area contributed by atoms with Gasteiger partial charge in [0, 0.05) is 11.8 Å². The van der Waals surface area contributed by atoms with E-state index in [1.165, 1.54) is 5.56 Å². The molecule has 0 unspecified atom stereocenters. The van der Waals surface area contributed by atoms with Gasteiger partial charge in [0.15, 0.2) is 0 Å². The molecule has 0 N–H and O–H groups in total. The predicted octanol–water partition coefficient (Wildman–Crippen LogP) is 4.70. The maximum absolute atomic E-state index is 5.53. The number of hydrogen-bond donors (Lipinski definition) is 0. The molecule has 0 atom stereocenters. The second-order valence-corrected chi connectivity index (χ2v) is 4.85. The van der Waals surface area contributed by atoms with E-state index in [2.05, 4.69) is 20.8 Å². The summed E-state index contributed by atoms with van der Waals surface area (Å²) < 4.78 is 0. The topological polar surface area (TPSA) is 0 Å². The van der Waals surface area contributed by atoms with Crippen molar-refractivity contribution in [3.8, 4) is 0 Å². The third-order valence-electron chi connectivity index (χ3n) is 1.40. The maximum Gasteiger partial charge on any atom is 0.0474 e. The van der Waals surface area contributed by atoms with E-state index in [-0.39, 0.29) is 0 Å². The van der Waals surface area contributed by atoms with Crippen molar-refractivity contribution in [2.24, 2.45) is 5.41 Å². The lowest BCUT2D eigenvalue weighted by molar-refractivity contribution is 0.477. The summed E-state index contributed by atoms with van der Waals surface area (Å²) in [5, 5.41) is 0. The van der Waals surface area contributed by atoms with Crippen molar-refractivity contribution in [1.29, 1.82) is 0 Å². The zero-order chi connectivity index (χ0) is 11.0. The molecule has 0 bridgehead atoms. The lowest BCUT2D eigenvalue weighted by atomic mass is 10.0. The van der Waals surface area contributed by atoms with Crippen molar-refractivity contribution in [2.45, 2.75) is 26.7 Å². The summed E-state index contributed by atoms with van der Waals surface area (Å²) in [6.07, 6.45) is 0. The first-order valence-electron chi connectivity index (χ1n) is 4.65. The summed E-state index contributed by atoms with van der Waals surface area (Å²) in [6, 6.07) is 9.96. The first-order chi connectivity index (χ1) is 6.49. The molecule has 0 saturated heterocycles. The Balaban J connectivity index is 0.000000255. The largest absolute Gasteiger partial charge is 0.126 e. The quantitative estimate of drug-likeness (QED) is 0.617. The van der Waals surface area contributed by atoms with Crippen LogP contribution in [0.25, 0.3) is 0 Å². The molecular formula is C12H18Cl2. The number of hydrogen-bond acceptors (Lipinski definition) is 0. The Morgan fingerprint density at radius 1 is 1.00 bits per heavy atom. The molecule has 0 radical (unpaired) electrons. The second-order valence-electron chi connectivity index (χ2n) is 4.31. The average Bonchev–Trinajstić information content (AvgIpc) is 2.19. The van der Waals surface area contributed by atoms with Crippen LogP contribution < -0.4 is 0 Å². The highest BCUT2D eigenvalue weighted by Gasteiger charge is 2.05. The van der Waals surface area contributed by atoms with Gasteiger partial charge in [-0.05, 0) is 11.0 Å². The molecule has 1 rings (SSSR count). The summed E-state index contributed by atoms with van der Waals surface area (Å²) >= 11 is 11.0. The van der Waals surface area contributed by atoms with Crippen LogP contribution in [0.15, 0.2) is 30.3 Å². The van der Waals surface area contributed by atoms with Gasteiger partial charge in [0.1, 0.15) is 0 Å². The van der Waals surface area contributed by atoms with Gasteiger partial charge in [-0.15, -0.1) is 23.2 Å². The Morgan fingerprint density at radius 2 is 1.43 bits per heavy atom. The molecule has 0 aliphatic heterocycles. The molecule has 1 aromatic rings. The minimum Gasteiger partial charge on any atom is -0.126 e. The fraction of sp³-hybridized carbons (Fsp3) is 0.500. The van der Waals surface area contributed by atoms with Crippen LogP contribution in [0, 0.1) is 5.41 Å². The predicted molar refractivity (Wildman–Crippen MR) is 66.2 cm³/mol. The highest BCUT2D eigenvalue weighted by molar-refractivity contribution is 6.18. The Bertz CT molecular complexity index is 224. The van der Waals surface area contributed by atoms with Gasteiger partial charge < -0.3 is 0 Å². The fourth-order valence-electron chi connectivity index (χ4n) is 0.567. The van der Waals surface area contributed by atoms with E-state index in [0.717, 1.165) is 5.88 Å². The summed E-state index contributed by atoms with van der Waals surface area (Å²) in [5.74, 6) is 1.36. The molecule has 0 nitrogen and oxygen atoms in total. The Kier molecular flexibility index (Phi) is 7.04. The molecule has 0 saturated carbocycles. The smallest absolute Gasteiger partial charge is 0.0474 e. The van der Waals surface area contributed by atoms with Gasteiger partial charge in [-0.25, -0.2) is 0 Å². The number of rotatable bonds is 1. The lowest BCUT2D eigenvalue weighted by Gasteiger charge is -2.10. The third kappa shape index (κ3) is 8.40. The van der Waals surface area contributed by atoms with E-state index < -0.39 is 0 Å². The number of halogens is 2. The van der Waals surface area contributed by atoms with Gasteiger partial charge in [-0.3, -0.25) is 0 Å². The van der Waals surface area contributed by atoms with Gasteiger partial charge in [0.2, 0.25) is 0 Å². The van der Waals surface area contributed by atoms with E-state index in [0.29, 0.717) is 11.3 Å². The van der Waals surface area contributed by atoms with Gasteiger partial charge in [0.25, 0.3) is 0 Å². The molecule has 0 spiro atoms. The van der Waals surface area contributed by atoms with E-state index >= 15 is 0 Å². The van der Waals surface area contributed by atoms with Crippen molar-refractivity contribution in [1.82, 2.24) is 0 Å². The van der Waals surface area contributed by atoms with E-state index in [4.69, 9.17) is 23.2 Å². The van der Waals surface area contributed by atoms with Crippen molar-refractivity contribution >= 4 is 23.2 Å². The molecule has 1 aromatic carbocycles. The van der Waals surface area contributed by atoms with Gasteiger partial charge in [0.05, 0.1) is 0 Å². The molecular weight excluding hydrogens is 215 g/mol. The Hall–Kier alpha value is -0.200. The van der Waals surface area contributed by atoms with E-state index in [1.807, 2.05) is 30.3 Å². The molecule has 0 amide bonds. The van der Waals surface area contributed by atoms with E-state index in [9.17, 15) is 0 Å². The molecule has 0 heterocycles. The summed E-state index contributed by atoms with van der Waals surface area (Å²) in [6.45, 7) is 6.33. The Labute approximate surface area is 97.2 Å². The van der Waals surface area contributed by atoms with Crippen LogP contribution in [0.2, 0.25) is 0 Å². The molecule has 2 heteroatoms. The molecule has 0 aliphatic carbocycles. The van der Waals surface area contributed by atoms with Crippen LogP contribution in [-0.4, -0.2) is 5.88 Å². The zero-order valence-electron chi connectivity index (χ0n) is 9.06. The monoisotopic (exact) mass is 232 g/mol. The van der Waals surface area contributed by atoms with Crippen LogP contribution in [0.4, 0.5) is 0 Å². The first kappa shape index (κ1) is 13.8. The molecule has 0 fully saturated rings. The van der Waals surface area contributed by atoms with Crippen LogP contribution in [0.1, 0.15) is 26.3 Å². The minimum absolute atomic E-state index is 0.307. The normalized spacial score (nSPS) is 10.4. The number of benzene rings is 1. The zero-order valence-corrected chi connectivity index (χ0v) is 10.6. The van der Waals surface area contributed by atoms with Gasteiger partial charge in [-0.2, -0.15) is 0 Å². The maximum atomic E-state index is 5.53. The van der Waals surface area contributed by atoms with Crippen molar-refractivity contribution in [2.75, 3.05) is 5.88 Å². The molecule has 80 valence electrons. The number of alkyl halides is 2. The van der Waals surface area contributed by atoms with Crippen molar-refractivity contribution < 1.29 is 0 Å². The summed E-state index contributed by atoms with van der Waals surface area (Å²) in [5.41, 5.74) is 1.48. The standard InChI is InChI=1S/C7H7Cl.C5H11Cl/c8-6-7-4-2-1-3-5-7;1-5(2,3)4-6/h1-5H,6H2;4H2,1-3H3. The summed E-state index contributed by atoms with van der Waals surface area (Å²) in [4.78, 5) is 0. The van der Waals surface area contributed by atoms with Crippen LogP contribution >= 0.6 is 23.2 Å². The highest BCUT2D eigenvalue weighted by Crippen LogP contribution is 2.13. The average molecular weight is 233 g/mol. The molecule has 0 aromatic heterocycles. The van der Waals surface area contributed by atoms with E-state index in [1.54, 1.807) is 0 Å². The van der Waals surface area contributed by atoms with Crippen molar-refractivity contribution in [3.05, 3.63) is 35.9 Å². The van der Waals surface area contributed by atoms with Gasteiger partial charge in [-0.1, -0.05) is 51.1 Å². The SMILES string of the molecule is CC(C)(C)CCl.ClCc1ccccc1. The molecule has 14 heavy (non-hydrogen) atoms.